The van der Waals surface area contributed by atoms with Crippen LogP contribution in [0, 0.1) is 5.82 Å². The molecule has 0 saturated heterocycles. The van der Waals surface area contributed by atoms with Crippen molar-refractivity contribution in [3.63, 3.8) is 0 Å². The van der Waals surface area contributed by atoms with Crippen molar-refractivity contribution in [2.75, 3.05) is 0 Å². The zero-order valence-corrected chi connectivity index (χ0v) is 9.10. The molecule has 0 aliphatic rings. The van der Waals surface area contributed by atoms with E-state index in [1.165, 1.54) is 12.1 Å². The molecular weight excluding hydrogens is 217 g/mol. The van der Waals surface area contributed by atoms with E-state index in [1.807, 2.05) is 0 Å². The summed E-state index contributed by atoms with van der Waals surface area (Å²) in [6.07, 6.45) is 1.15. The van der Waals surface area contributed by atoms with Crippen molar-refractivity contribution in [3.8, 4) is 0 Å². The summed E-state index contributed by atoms with van der Waals surface area (Å²) in [6.45, 7) is 5.20. The minimum Gasteiger partial charge on any atom is -0.384 e. The normalized spacial score (nSPS) is 12.6. The lowest BCUT2D eigenvalue weighted by Gasteiger charge is -2.29. The SMILES string of the molecule is C=Cc1cccc(C(F)(F)C(C)(C)O)c1F. The van der Waals surface area contributed by atoms with Crippen LogP contribution in [0.4, 0.5) is 13.2 Å². The first-order valence-corrected chi connectivity index (χ1v) is 4.73. The first kappa shape index (κ1) is 12.8. The van der Waals surface area contributed by atoms with Gasteiger partial charge in [0, 0.05) is 5.56 Å². The molecule has 0 saturated carbocycles. The fourth-order valence-electron chi connectivity index (χ4n) is 1.28. The van der Waals surface area contributed by atoms with Gasteiger partial charge in [-0.05, 0) is 19.9 Å². The smallest absolute Gasteiger partial charge is 0.303 e. The Morgan fingerprint density at radius 3 is 2.31 bits per heavy atom. The van der Waals surface area contributed by atoms with E-state index in [-0.39, 0.29) is 5.56 Å². The molecular formula is C12H13F3O. The average molecular weight is 230 g/mol. The summed E-state index contributed by atoms with van der Waals surface area (Å²) in [4.78, 5) is 0. The third-order valence-corrected chi connectivity index (χ3v) is 2.36. The molecule has 0 atom stereocenters. The van der Waals surface area contributed by atoms with Gasteiger partial charge in [-0.2, -0.15) is 8.78 Å². The Hall–Kier alpha value is -1.29. The van der Waals surface area contributed by atoms with E-state index in [1.54, 1.807) is 0 Å². The van der Waals surface area contributed by atoms with Gasteiger partial charge in [-0.25, -0.2) is 4.39 Å². The molecule has 1 rings (SSSR count). The molecule has 4 heteroatoms. The summed E-state index contributed by atoms with van der Waals surface area (Å²) >= 11 is 0. The van der Waals surface area contributed by atoms with Crippen LogP contribution in [0.3, 0.4) is 0 Å². The largest absolute Gasteiger partial charge is 0.384 e. The van der Waals surface area contributed by atoms with Crippen LogP contribution in [-0.2, 0) is 5.92 Å². The van der Waals surface area contributed by atoms with Gasteiger partial charge in [-0.15, -0.1) is 0 Å². The van der Waals surface area contributed by atoms with E-state index in [9.17, 15) is 18.3 Å². The van der Waals surface area contributed by atoms with Crippen LogP contribution in [0.1, 0.15) is 25.0 Å². The number of halogens is 3. The summed E-state index contributed by atoms with van der Waals surface area (Å²) in [6, 6.07) is 3.60. The highest BCUT2D eigenvalue weighted by Crippen LogP contribution is 2.40. The third kappa shape index (κ3) is 1.97. The molecule has 88 valence electrons. The second kappa shape index (κ2) is 3.94. The Labute approximate surface area is 92.2 Å². The topological polar surface area (TPSA) is 20.2 Å². The maximum Gasteiger partial charge on any atom is 0.303 e. The Morgan fingerprint density at radius 1 is 1.31 bits per heavy atom. The molecule has 0 amide bonds. The molecule has 1 aromatic rings. The molecule has 1 nitrogen and oxygen atoms in total. The Bertz CT molecular complexity index is 405. The molecule has 0 aliphatic carbocycles. The second-order valence-electron chi connectivity index (χ2n) is 4.05. The molecule has 0 aromatic heterocycles. The first-order chi connectivity index (χ1) is 7.21. The van der Waals surface area contributed by atoms with Crippen LogP contribution in [0.15, 0.2) is 24.8 Å². The quantitative estimate of drug-likeness (QED) is 0.844. The fraction of sp³-hybridized carbons (Fsp3) is 0.333. The molecule has 0 aliphatic heterocycles. The molecule has 0 radical (unpaired) electrons. The van der Waals surface area contributed by atoms with Gasteiger partial charge < -0.3 is 5.11 Å². The average Bonchev–Trinajstić information content (AvgIpc) is 2.16. The predicted octanol–water partition coefficient (Wildman–Crippen LogP) is 3.33. The van der Waals surface area contributed by atoms with Crippen LogP contribution in [0.5, 0.6) is 0 Å². The number of hydrogen-bond donors (Lipinski definition) is 1. The van der Waals surface area contributed by atoms with E-state index in [4.69, 9.17) is 0 Å². The van der Waals surface area contributed by atoms with Gasteiger partial charge in [0.05, 0.1) is 5.56 Å². The highest BCUT2D eigenvalue weighted by Gasteiger charge is 2.48. The molecule has 0 bridgehead atoms. The lowest BCUT2D eigenvalue weighted by Crippen LogP contribution is -2.40. The highest BCUT2D eigenvalue weighted by molar-refractivity contribution is 5.50. The number of rotatable bonds is 3. The van der Waals surface area contributed by atoms with Crippen molar-refractivity contribution in [1.29, 1.82) is 0 Å². The van der Waals surface area contributed by atoms with E-state index >= 15 is 0 Å². The van der Waals surface area contributed by atoms with E-state index in [0.29, 0.717) is 0 Å². The summed E-state index contributed by atoms with van der Waals surface area (Å²) < 4.78 is 41.1. The van der Waals surface area contributed by atoms with Gasteiger partial charge in [-0.1, -0.05) is 24.8 Å². The summed E-state index contributed by atoms with van der Waals surface area (Å²) in [5.74, 6) is -4.71. The summed E-state index contributed by atoms with van der Waals surface area (Å²) in [5.41, 5.74) is -3.16. The predicted molar refractivity (Wildman–Crippen MR) is 56.7 cm³/mol. The van der Waals surface area contributed by atoms with Crippen LogP contribution in [-0.4, -0.2) is 10.7 Å². The van der Waals surface area contributed by atoms with Gasteiger partial charge in [-0.3, -0.25) is 0 Å². The monoisotopic (exact) mass is 230 g/mol. The van der Waals surface area contributed by atoms with Crippen LogP contribution in [0.2, 0.25) is 0 Å². The van der Waals surface area contributed by atoms with Gasteiger partial charge in [0.25, 0.3) is 0 Å². The van der Waals surface area contributed by atoms with Gasteiger partial charge >= 0.3 is 5.92 Å². The van der Waals surface area contributed by atoms with E-state index in [0.717, 1.165) is 26.0 Å². The van der Waals surface area contributed by atoms with Crippen molar-refractivity contribution < 1.29 is 18.3 Å². The van der Waals surface area contributed by atoms with Gasteiger partial charge in [0.2, 0.25) is 0 Å². The van der Waals surface area contributed by atoms with Crippen LogP contribution >= 0.6 is 0 Å². The van der Waals surface area contributed by atoms with Crippen LogP contribution in [0.25, 0.3) is 6.08 Å². The van der Waals surface area contributed by atoms with Crippen molar-refractivity contribution >= 4 is 6.08 Å². The summed E-state index contributed by atoms with van der Waals surface area (Å²) in [5, 5.41) is 9.34. The standard InChI is InChI=1S/C12H13F3O/c1-4-8-6-5-7-9(10(8)13)12(14,15)11(2,3)16/h4-7,16H,1H2,2-3H3. The van der Waals surface area contributed by atoms with E-state index < -0.39 is 22.9 Å². The molecule has 0 spiro atoms. The van der Waals surface area contributed by atoms with Gasteiger partial charge in [0.1, 0.15) is 11.4 Å². The van der Waals surface area contributed by atoms with Crippen molar-refractivity contribution in [2.24, 2.45) is 0 Å². The number of aliphatic hydroxyl groups is 1. The first-order valence-electron chi connectivity index (χ1n) is 4.73. The maximum absolute atomic E-state index is 13.7. The molecule has 0 unspecified atom stereocenters. The zero-order valence-electron chi connectivity index (χ0n) is 9.10. The van der Waals surface area contributed by atoms with Gasteiger partial charge in [0.15, 0.2) is 0 Å². The molecule has 16 heavy (non-hydrogen) atoms. The highest BCUT2D eigenvalue weighted by atomic mass is 19.3. The Kier molecular flexibility index (Phi) is 3.15. The molecule has 1 aromatic carbocycles. The summed E-state index contributed by atoms with van der Waals surface area (Å²) in [7, 11) is 0. The molecule has 1 N–H and O–H groups in total. The van der Waals surface area contributed by atoms with E-state index in [2.05, 4.69) is 6.58 Å². The number of hydrogen-bond acceptors (Lipinski definition) is 1. The van der Waals surface area contributed by atoms with Crippen molar-refractivity contribution in [1.82, 2.24) is 0 Å². The zero-order chi connectivity index (χ0) is 12.6. The number of benzene rings is 1. The minimum atomic E-state index is -3.66. The number of alkyl halides is 2. The lowest BCUT2D eigenvalue weighted by atomic mass is 9.92. The third-order valence-electron chi connectivity index (χ3n) is 2.36. The Morgan fingerprint density at radius 2 is 1.88 bits per heavy atom. The minimum absolute atomic E-state index is 0.0126. The Balaban J connectivity index is 3.39. The fourth-order valence-corrected chi connectivity index (χ4v) is 1.28. The molecule has 0 heterocycles. The second-order valence-corrected chi connectivity index (χ2v) is 4.05. The maximum atomic E-state index is 13.7. The van der Waals surface area contributed by atoms with Crippen LogP contribution < -0.4 is 0 Å². The lowest BCUT2D eigenvalue weighted by molar-refractivity contribution is -0.170. The van der Waals surface area contributed by atoms with Crippen molar-refractivity contribution in [2.45, 2.75) is 25.4 Å². The van der Waals surface area contributed by atoms with Crippen molar-refractivity contribution in [3.05, 3.63) is 41.7 Å². The molecule has 0 fully saturated rings.